The summed E-state index contributed by atoms with van der Waals surface area (Å²) in [5.74, 6) is -0.739. The van der Waals surface area contributed by atoms with Gasteiger partial charge in [-0.2, -0.15) is 0 Å². The number of benzene rings is 2. The van der Waals surface area contributed by atoms with Crippen LogP contribution in [-0.4, -0.2) is 37.5 Å². The number of fused-ring (bicyclic) bond motifs is 1. The lowest BCUT2D eigenvalue weighted by Gasteiger charge is -2.34. The summed E-state index contributed by atoms with van der Waals surface area (Å²) in [4.78, 5) is 16.8. The fraction of sp³-hybridized carbons (Fsp3) is 0.182. The maximum absolute atomic E-state index is 13.3. The van der Waals surface area contributed by atoms with Crippen molar-refractivity contribution in [3.8, 4) is 17.4 Å². The molecule has 0 radical (unpaired) electrons. The lowest BCUT2D eigenvalue weighted by molar-refractivity contribution is -0.274. The molecule has 2 aromatic carbocycles. The molecule has 2 unspecified atom stereocenters. The van der Waals surface area contributed by atoms with E-state index in [1.165, 1.54) is 34.8 Å². The molecule has 0 aliphatic carbocycles. The van der Waals surface area contributed by atoms with E-state index < -0.39 is 29.3 Å². The Kier molecular flexibility index (Phi) is 6.82. The number of nitrogens with one attached hydrogen (secondary N) is 1. The van der Waals surface area contributed by atoms with Crippen molar-refractivity contribution in [2.45, 2.75) is 23.7 Å². The average molecular weight is 493 g/mol. The standard InChI is InChI=1S/C22H18F3N3O5S/c23-22(24,25)33-16-7-5-15(6-8-16)32-19-10-9-17(13-26-19)34(31)28-12-11-14-3-1-2-4-18(14)20(28)21(29)27-30/h1-10,13,20,30H,11-12H2,(H,27,29). The topological polar surface area (TPSA) is 101 Å². The summed E-state index contributed by atoms with van der Waals surface area (Å²) >= 11 is 0. The van der Waals surface area contributed by atoms with Crippen LogP contribution in [0.25, 0.3) is 0 Å². The number of aromatic nitrogens is 1. The van der Waals surface area contributed by atoms with Crippen molar-refractivity contribution < 1.29 is 36.9 Å². The molecule has 1 amide bonds. The van der Waals surface area contributed by atoms with Crippen LogP contribution in [0.2, 0.25) is 0 Å². The number of carbonyl (C=O) groups excluding carboxylic acids is 1. The van der Waals surface area contributed by atoms with Crippen molar-refractivity contribution >= 4 is 16.9 Å². The van der Waals surface area contributed by atoms with Crippen LogP contribution < -0.4 is 15.0 Å². The Hall–Kier alpha value is -3.48. The van der Waals surface area contributed by atoms with E-state index in [4.69, 9.17) is 4.74 Å². The minimum atomic E-state index is -4.79. The van der Waals surface area contributed by atoms with Crippen LogP contribution >= 0.6 is 0 Å². The first-order chi connectivity index (χ1) is 16.2. The lowest BCUT2D eigenvalue weighted by atomic mass is 9.94. The third kappa shape index (κ3) is 5.35. The first-order valence-corrected chi connectivity index (χ1v) is 11.1. The van der Waals surface area contributed by atoms with Gasteiger partial charge in [-0.05, 0) is 47.9 Å². The predicted molar refractivity (Wildman–Crippen MR) is 113 cm³/mol. The van der Waals surface area contributed by atoms with Crippen molar-refractivity contribution in [2.75, 3.05) is 6.54 Å². The molecular formula is C22H18F3N3O5S. The van der Waals surface area contributed by atoms with Crippen LogP contribution in [0.5, 0.6) is 17.4 Å². The van der Waals surface area contributed by atoms with Crippen LogP contribution in [-0.2, 0) is 22.2 Å². The Labute approximate surface area is 194 Å². The molecule has 0 saturated heterocycles. The minimum Gasteiger partial charge on any atom is -0.439 e. The Balaban J connectivity index is 1.48. The maximum Gasteiger partial charge on any atom is 0.573 e. The molecule has 1 aliphatic rings. The number of hydrogen-bond acceptors (Lipinski definition) is 6. The number of alkyl halides is 3. The molecule has 0 fully saturated rings. The molecule has 2 heterocycles. The molecule has 0 spiro atoms. The second kappa shape index (κ2) is 9.79. The number of amides is 1. The normalized spacial score (nSPS) is 16.9. The zero-order chi connectivity index (χ0) is 24.3. The fourth-order valence-electron chi connectivity index (χ4n) is 3.55. The molecule has 4 rings (SSSR count). The van der Waals surface area contributed by atoms with Crippen molar-refractivity contribution in [1.29, 1.82) is 0 Å². The van der Waals surface area contributed by atoms with Gasteiger partial charge in [0, 0.05) is 18.8 Å². The van der Waals surface area contributed by atoms with E-state index in [9.17, 15) is 27.4 Å². The summed E-state index contributed by atoms with van der Waals surface area (Å²) in [5, 5.41) is 9.21. The molecule has 1 aliphatic heterocycles. The molecule has 0 saturated carbocycles. The van der Waals surface area contributed by atoms with Gasteiger partial charge in [-0.3, -0.25) is 10.0 Å². The van der Waals surface area contributed by atoms with Crippen molar-refractivity contribution in [2.24, 2.45) is 0 Å². The van der Waals surface area contributed by atoms with E-state index in [0.717, 1.165) is 17.7 Å². The summed E-state index contributed by atoms with van der Waals surface area (Å²) in [6, 6.07) is 14.0. The second-order valence-electron chi connectivity index (χ2n) is 7.17. The molecule has 3 aromatic rings. The molecule has 8 nitrogen and oxygen atoms in total. The van der Waals surface area contributed by atoms with Gasteiger partial charge in [-0.15, -0.1) is 13.2 Å². The number of rotatable bonds is 6. The largest absolute Gasteiger partial charge is 0.573 e. The molecule has 0 bridgehead atoms. The number of hydroxylamine groups is 1. The highest BCUT2D eigenvalue weighted by Crippen LogP contribution is 2.33. The molecule has 2 N–H and O–H groups in total. The zero-order valence-corrected chi connectivity index (χ0v) is 18.2. The third-order valence-electron chi connectivity index (χ3n) is 5.00. The Bertz CT molecular complexity index is 1190. The van der Waals surface area contributed by atoms with Crippen LogP contribution in [0.15, 0.2) is 71.8 Å². The van der Waals surface area contributed by atoms with Gasteiger partial charge in [0.25, 0.3) is 5.91 Å². The predicted octanol–water partition coefficient (Wildman–Crippen LogP) is 3.90. The van der Waals surface area contributed by atoms with E-state index in [1.807, 2.05) is 12.1 Å². The zero-order valence-electron chi connectivity index (χ0n) is 17.4. The number of halogens is 3. The maximum atomic E-state index is 13.3. The first-order valence-electron chi connectivity index (χ1n) is 9.95. The number of carbonyl (C=O) groups is 1. The molecular weight excluding hydrogens is 475 g/mol. The number of nitrogens with zero attached hydrogens (tertiary/aromatic N) is 2. The Morgan fingerprint density at radius 3 is 2.44 bits per heavy atom. The van der Waals surface area contributed by atoms with E-state index in [0.29, 0.717) is 23.4 Å². The second-order valence-corrected chi connectivity index (χ2v) is 8.61. The van der Waals surface area contributed by atoms with Gasteiger partial charge in [0.15, 0.2) is 0 Å². The van der Waals surface area contributed by atoms with Crippen molar-refractivity contribution in [1.82, 2.24) is 14.8 Å². The summed E-state index contributed by atoms with van der Waals surface area (Å²) in [5.41, 5.74) is 3.22. The number of ether oxygens (including phenoxy) is 2. The summed E-state index contributed by atoms with van der Waals surface area (Å²) in [6.45, 7) is 0.312. The molecule has 2 atom stereocenters. The van der Waals surface area contributed by atoms with Gasteiger partial charge in [0.2, 0.25) is 5.88 Å². The number of pyridine rings is 1. The van der Waals surface area contributed by atoms with E-state index in [2.05, 4.69) is 9.72 Å². The quantitative estimate of drug-likeness (QED) is 0.399. The SMILES string of the molecule is O=C(NO)C1c2ccccc2CCN1S(=O)c1ccc(Oc2ccc(OC(F)(F)F)cc2)nc1. The average Bonchev–Trinajstić information content (AvgIpc) is 2.83. The Morgan fingerprint density at radius 2 is 1.79 bits per heavy atom. The van der Waals surface area contributed by atoms with Gasteiger partial charge < -0.3 is 9.47 Å². The third-order valence-corrected chi connectivity index (χ3v) is 6.47. The number of hydrogen-bond donors (Lipinski definition) is 2. The van der Waals surface area contributed by atoms with E-state index in [-0.39, 0.29) is 17.4 Å². The highest BCUT2D eigenvalue weighted by atomic mass is 32.2. The summed E-state index contributed by atoms with van der Waals surface area (Å²) in [6.07, 6.45) is -2.90. The lowest BCUT2D eigenvalue weighted by Crippen LogP contribution is -2.44. The van der Waals surface area contributed by atoms with Gasteiger partial charge in [0.1, 0.15) is 28.5 Å². The molecule has 34 heavy (non-hydrogen) atoms. The fourth-order valence-corrected chi connectivity index (χ4v) is 4.81. The molecule has 178 valence electrons. The van der Waals surface area contributed by atoms with Crippen LogP contribution in [0.1, 0.15) is 17.2 Å². The van der Waals surface area contributed by atoms with Gasteiger partial charge >= 0.3 is 6.36 Å². The van der Waals surface area contributed by atoms with Crippen LogP contribution in [0.4, 0.5) is 13.2 Å². The first kappa shape index (κ1) is 23.7. The highest BCUT2D eigenvalue weighted by Gasteiger charge is 2.36. The molecule has 12 heteroatoms. The van der Waals surface area contributed by atoms with E-state index in [1.54, 1.807) is 17.6 Å². The summed E-state index contributed by atoms with van der Waals surface area (Å²) in [7, 11) is -1.78. The van der Waals surface area contributed by atoms with Crippen molar-refractivity contribution in [3.05, 3.63) is 78.0 Å². The minimum absolute atomic E-state index is 0.124. The monoisotopic (exact) mass is 493 g/mol. The Morgan fingerprint density at radius 1 is 1.09 bits per heavy atom. The molecule has 1 aromatic heterocycles. The van der Waals surface area contributed by atoms with Crippen molar-refractivity contribution in [3.63, 3.8) is 0 Å². The van der Waals surface area contributed by atoms with Gasteiger partial charge in [-0.1, -0.05) is 24.3 Å². The highest BCUT2D eigenvalue weighted by molar-refractivity contribution is 7.82. The van der Waals surface area contributed by atoms with Crippen LogP contribution in [0, 0.1) is 0 Å². The van der Waals surface area contributed by atoms with E-state index >= 15 is 0 Å². The van der Waals surface area contributed by atoms with Gasteiger partial charge in [-0.25, -0.2) is 19.0 Å². The van der Waals surface area contributed by atoms with Crippen LogP contribution in [0.3, 0.4) is 0 Å². The smallest absolute Gasteiger partial charge is 0.439 e. The summed E-state index contributed by atoms with van der Waals surface area (Å²) < 4.78 is 60.8. The van der Waals surface area contributed by atoms with Gasteiger partial charge in [0.05, 0.1) is 4.90 Å².